The Morgan fingerprint density at radius 1 is 1.30 bits per heavy atom. The normalized spacial score (nSPS) is 10.9. The highest BCUT2D eigenvalue weighted by molar-refractivity contribution is 5.93. The molecule has 0 bridgehead atoms. The van der Waals surface area contributed by atoms with E-state index in [9.17, 15) is 14.7 Å². The van der Waals surface area contributed by atoms with Gasteiger partial charge in [-0.2, -0.15) is 0 Å². The minimum Gasteiger partial charge on any atom is -0.506 e. The number of rotatable bonds is 5. The molecule has 0 saturated heterocycles. The summed E-state index contributed by atoms with van der Waals surface area (Å²) in [5.74, 6) is -1.42. The average molecular weight is 280 g/mol. The number of phenols is 1. The minimum absolute atomic E-state index is 0.00739. The van der Waals surface area contributed by atoms with Gasteiger partial charge in [0, 0.05) is 6.54 Å². The van der Waals surface area contributed by atoms with Crippen LogP contribution in [0.2, 0.25) is 0 Å². The van der Waals surface area contributed by atoms with E-state index in [-0.39, 0.29) is 22.4 Å². The summed E-state index contributed by atoms with van der Waals surface area (Å²) in [6.45, 7) is 6.61. The standard InChI is InChI=1S/C14H20N2O4/c1-4-14(2,3)8-15-13(20)16-10-6-5-9(12(18)19)7-11(10)17/h5-7,17H,4,8H2,1-3H3,(H,18,19)(H2,15,16,20). The molecule has 0 fully saturated rings. The smallest absolute Gasteiger partial charge is 0.335 e. The van der Waals surface area contributed by atoms with Gasteiger partial charge in [0.1, 0.15) is 5.75 Å². The highest BCUT2D eigenvalue weighted by atomic mass is 16.4. The number of carboxylic acid groups (broad SMARTS) is 1. The quantitative estimate of drug-likeness (QED) is 0.623. The summed E-state index contributed by atoms with van der Waals surface area (Å²) in [4.78, 5) is 22.4. The molecule has 0 aliphatic carbocycles. The first kappa shape index (κ1) is 15.8. The van der Waals surface area contributed by atoms with Crippen molar-refractivity contribution in [3.8, 4) is 5.75 Å². The van der Waals surface area contributed by atoms with Gasteiger partial charge in [0.15, 0.2) is 0 Å². The first-order chi connectivity index (χ1) is 9.25. The second kappa shape index (κ2) is 6.27. The van der Waals surface area contributed by atoms with E-state index in [0.29, 0.717) is 6.54 Å². The van der Waals surface area contributed by atoms with Crippen molar-refractivity contribution in [3.05, 3.63) is 23.8 Å². The molecule has 110 valence electrons. The molecule has 1 aromatic rings. The fraction of sp³-hybridized carbons (Fsp3) is 0.429. The van der Waals surface area contributed by atoms with Crippen LogP contribution in [0.4, 0.5) is 10.5 Å². The van der Waals surface area contributed by atoms with E-state index >= 15 is 0 Å². The number of anilines is 1. The van der Waals surface area contributed by atoms with Crippen LogP contribution < -0.4 is 10.6 Å². The molecule has 0 aliphatic rings. The number of hydrogen-bond donors (Lipinski definition) is 4. The van der Waals surface area contributed by atoms with Crippen LogP contribution in [0.25, 0.3) is 0 Å². The zero-order valence-electron chi connectivity index (χ0n) is 11.9. The number of carboxylic acids is 1. The van der Waals surface area contributed by atoms with Crippen molar-refractivity contribution < 1.29 is 19.8 Å². The lowest BCUT2D eigenvalue weighted by Crippen LogP contribution is -2.36. The number of aromatic carboxylic acids is 1. The van der Waals surface area contributed by atoms with Gasteiger partial charge in [0.25, 0.3) is 0 Å². The van der Waals surface area contributed by atoms with Crippen LogP contribution in [0.5, 0.6) is 5.75 Å². The molecule has 0 unspecified atom stereocenters. The van der Waals surface area contributed by atoms with Gasteiger partial charge in [-0.3, -0.25) is 0 Å². The van der Waals surface area contributed by atoms with Gasteiger partial charge in [-0.1, -0.05) is 20.8 Å². The molecule has 4 N–H and O–H groups in total. The number of benzene rings is 1. The summed E-state index contributed by atoms with van der Waals surface area (Å²) in [6.07, 6.45) is 0.922. The van der Waals surface area contributed by atoms with Crippen LogP contribution >= 0.6 is 0 Å². The highest BCUT2D eigenvalue weighted by Gasteiger charge is 2.16. The second-order valence-electron chi connectivity index (χ2n) is 5.36. The Labute approximate surface area is 117 Å². The molecule has 0 saturated carbocycles. The van der Waals surface area contributed by atoms with E-state index < -0.39 is 12.0 Å². The molecule has 2 amide bonds. The Morgan fingerprint density at radius 2 is 1.95 bits per heavy atom. The van der Waals surface area contributed by atoms with Gasteiger partial charge in [0.2, 0.25) is 0 Å². The van der Waals surface area contributed by atoms with E-state index in [0.717, 1.165) is 12.5 Å². The third kappa shape index (κ3) is 4.46. The van der Waals surface area contributed by atoms with Gasteiger partial charge in [-0.05, 0) is 30.0 Å². The molecular weight excluding hydrogens is 260 g/mol. The first-order valence-corrected chi connectivity index (χ1v) is 6.36. The molecule has 6 nitrogen and oxygen atoms in total. The van der Waals surface area contributed by atoms with Crippen LogP contribution in [-0.2, 0) is 0 Å². The van der Waals surface area contributed by atoms with Crippen molar-refractivity contribution in [3.63, 3.8) is 0 Å². The maximum absolute atomic E-state index is 11.7. The molecule has 0 atom stereocenters. The summed E-state index contributed by atoms with van der Waals surface area (Å²) < 4.78 is 0. The SMILES string of the molecule is CCC(C)(C)CNC(=O)Nc1ccc(C(=O)O)cc1O. The van der Waals surface area contributed by atoms with E-state index in [1.54, 1.807) is 0 Å². The summed E-state index contributed by atoms with van der Waals surface area (Å²) >= 11 is 0. The van der Waals surface area contributed by atoms with Crippen LogP contribution in [0.3, 0.4) is 0 Å². The molecular formula is C14H20N2O4. The Kier molecular flexibility index (Phi) is 4.96. The van der Waals surface area contributed by atoms with Gasteiger partial charge in [-0.15, -0.1) is 0 Å². The number of phenolic OH excluding ortho intramolecular Hbond substituents is 1. The van der Waals surface area contributed by atoms with Crippen molar-refractivity contribution in [2.75, 3.05) is 11.9 Å². The molecule has 0 aliphatic heterocycles. The van der Waals surface area contributed by atoms with Crippen LogP contribution in [0, 0.1) is 5.41 Å². The molecule has 20 heavy (non-hydrogen) atoms. The first-order valence-electron chi connectivity index (χ1n) is 6.36. The molecule has 1 rings (SSSR count). The average Bonchev–Trinajstić information content (AvgIpc) is 2.39. The minimum atomic E-state index is -1.14. The molecule has 0 heterocycles. The van der Waals surface area contributed by atoms with Crippen LogP contribution in [0.15, 0.2) is 18.2 Å². The summed E-state index contributed by atoms with van der Waals surface area (Å²) in [7, 11) is 0. The number of urea groups is 1. The Balaban J connectivity index is 2.65. The molecule has 0 radical (unpaired) electrons. The van der Waals surface area contributed by atoms with E-state index in [1.165, 1.54) is 12.1 Å². The number of hydrogen-bond acceptors (Lipinski definition) is 3. The number of aromatic hydroxyl groups is 1. The fourth-order valence-corrected chi connectivity index (χ4v) is 1.38. The van der Waals surface area contributed by atoms with E-state index in [1.807, 2.05) is 20.8 Å². The van der Waals surface area contributed by atoms with E-state index in [2.05, 4.69) is 10.6 Å². The van der Waals surface area contributed by atoms with Crippen LogP contribution in [0.1, 0.15) is 37.6 Å². The Bertz CT molecular complexity index is 512. The van der Waals surface area contributed by atoms with Crippen LogP contribution in [-0.4, -0.2) is 28.8 Å². The van der Waals surface area contributed by atoms with Gasteiger partial charge < -0.3 is 20.8 Å². The number of carbonyl (C=O) groups excluding carboxylic acids is 1. The maximum atomic E-state index is 11.7. The van der Waals surface area contributed by atoms with Gasteiger partial charge in [-0.25, -0.2) is 9.59 Å². The molecule has 6 heteroatoms. The molecule has 1 aromatic carbocycles. The number of carbonyl (C=O) groups is 2. The summed E-state index contributed by atoms with van der Waals surface area (Å²) in [5, 5.41) is 23.6. The van der Waals surface area contributed by atoms with E-state index in [4.69, 9.17) is 5.11 Å². The number of amides is 2. The lowest BCUT2D eigenvalue weighted by molar-refractivity contribution is 0.0696. The monoisotopic (exact) mass is 280 g/mol. The third-order valence-corrected chi connectivity index (χ3v) is 3.18. The largest absolute Gasteiger partial charge is 0.506 e. The predicted molar refractivity (Wildman–Crippen MR) is 76.2 cm³/mol. The topological polar surface area (TPSA) is 98.7 Å². The molecule has 0 aromatic heterocycles. The van der Waals surface area contributed by atoms with Gasteiger partial charge >= 0.3 is 12.0 Å². The maximum Gasteiger partial charge on any atom is 0.335 e. The van der Waals surface area contributed by atoms with Gasteiger partial charge in [0.05, 0.1) is 11.3 Å². The Hall–Kier alpha value is -2.24. The van der Waals surface area contributed by atoms with Crippen molar-refractivity contribution in [2.45, 2.75) is 27.2 Å². The van der Waals surface area contributed by atoms with Crippen molar-refractivity contribution in [1.82, 2.24) is 5.32 Å². The lowest BCUT2D eigenvalue weighted by atomic mass is 9.90. The summed E-state index contributed by atoms with van der Waals surface area (Å²) in [5.41, 5.74) is 0.120. The Morgan fingerprint density at radius 3 is 2.45 bits per heavy atom. The van der Waals surface area contributed by atoms with Crippen molar-refractivity contribution in [2.24, 2.45) is 5.41 Å². The lowest BCUT2D eigenvalue weighted by Gasteiger charge is -2.23. The molecule has 0 spiro atoms. The zero-order valence-corrected chi connectivity index (χ0v) is 11.9. The second-order valence-corrected chi connectivity index (χ2v) is 5.36. The zero-order chi connectivity index (χ0) is 15.3. The van der Waals surface area contributed by atoms with Crippen molar-refractivity contribution >= 4 is 17.7 Å². The third-order valence-electron chi connectivity index (χ3n) is 3.18. The highest BCUT2D eigenvalue weighted by Crippen LogP contribution is 2.24. The summed E-state index contributed by atoms with van der Waals surface area (Å²) in [6, 6.07) is 3.31. The fourth-order valence-electron chi connectivity index (χ4n) is 1.38. The predicted octanol–water partition coefficient (Wildman–Crippen LogP) is 2.65. The van der Waals surface area contributed by atoms with Crippen molar-refractivity contribution in [1.29, 1.82) is 0 Å². The number of nitrogens with one attached hydrogen (secondary N) is 2.